The van der Waals surface area contributed by atoms with Crippen molar-refractivity contribution in [1.82, 2.24) is 9.88 Å². The number of hydrogen-bond acceptors (Lipinski definition) is 5. The van der Waals surface area contributed by atoms with Gasteiger partial charge in [-0.05, 0) is 56.0 Å². The highest BCUT2D eigenvalue weighted by Crippen LogP contribution is 2.31. The van der Waals surface area contributed by atoms with Crippen molar-refractivity contribution in [2.24, 2.45) is 5.92 Å². The van der Waals surface area contributed by atoms with E-state index in [0.717, 1.165) is 22.7 Å². The molecule has 4 rings (SSSR count). The lowest BCUT2D eigenvalue weighted by Gasteiger charge is -2.31. The Kier molecular flexibility index (Phi) is 6.18. The second kappa shape index (κ2) is 9.02. The molecule has 1 N–H and O–H groups in total. The van der Waals surface area contributed by atoms with E-state index < -0.39 is 0 Å². The number of aromatic hydroxyl groups is 1. The lowest BCUT2D eigenvalue weighted by atomic mass is 9.89. The third-order valence-electron chi connectivity index (χ3n) is 5.90. The largest absolute Gasteiger partial charge is 0.508 e. The zero-order chi connectivity index (χ0) is 22.0. The number of carbonyl (C=O) groups excluding carboxylic acids is 2. The summed E-state index contributed by atoms with van der Waals surface area (Å²) in [4.78, 5) is 33.0. The molecule has 2 aromatic carbocycles. The minimum atomic E-state index is -0.0937. The number of phenolic OH excluding ortho intramolecular Hbond substituents is 1. The number of aromatic nitrogens is 1. The number of piperidine rings is 1. The van der Waals surface area contributed by atoms with Crippen molar-refractivity contribution < 1.29 is 14.7 Å². The predicted octanol–water partition coefficient (Wildman–Crippen LogP) is 5.12. The maximum atomic E-state index is 13.1. The third-order valence-corrected chi connectivity index (χ3v) is 7.10. The summed E-state index contributed by atoms with van der Waals surface area (Å²) in [6, 6.07) is 14.7. The average Bonchev–Trinajstić information content (AvgIpc) is 3.20. The summed E-state index contributed by atoms with van der Waals surface area (Å²) in [6.45, 7) is 5.13. The molecule has 160 valence electrons. The lowest BCUT2D eigenvalue weighted by Crippen LogP contribution is -2.40. The highest BCUT2D eigenvalue weighted by atomic mass is 32.1. The Bertz CT molecular complexity index is 1080. The Hall–Kier alpha value is -2.99. The molecule has 1 aromatic heterocycles. The van der Waals surface area contributed by atoms with Crippen LogP contribution in [0.4, 0.5) is 0 Å². The highest BCUT2D eigenvalue weighted by molar-refractivity contribution is 7.17. The Morgan fingerprint density at radius 3 is 2.32 bits per heavy atom. The van der Waals surface area contributed by atoms with Gasteiger partial charge in [-0.3, -0.25) is 9.59 Å². The molecular formula is C25H26N2O3S. The maximum Gasteiger partial charge on any atom is 0.265 e. The Morgan fingerprint density at radius 1 is 1.06 bits per heavy atom. The van der Waals surface area contributed by atoms with Crippen molar-refractivity contribution in [3.63, 3.8) is 0 Å². The number of thiazole rings is 1. The van der Waals surface area contributed by atoms with E-state index in [1.807, 2.05) is 11.8 Å². The highest BCUT2D eigenvalue weighted by Gasteiger charge is 2.30. The van der Waals surface area contributed by atoms with Gasteiger partial charge < -0.3 is 10.0 Å². The number of phenols is 1. The molecule has 1 saturated heterocycles. The zero-order valence-electron chi connectivity index (χ0n) is 17.8. The number of hydrogen-bond donors (Lipinski definition) is 1. The summed E-state index contributed by atoms with van der Waals surface area (Å²) in [7, 11) is 0. The molecule has 3 aromatic rings. The van der Waals surface area contributed by atoms with Crippen LogP contribution < -0.4 is 0 Å². The van der Waals surface area contributed by atoms with Crippen LogP contribution in [-0.2, 0) is 6.42 Å². The van der Waals surface area contributed by atoms with Crippen molar-refractivity contribution >= 4 is 23.0 Å². The Balaban J connectivity index is 1.42. The molecule has 0 saturated carbocycles. The molecule has 0 atom stereocenters. The fraction of sp³-hybridized carbons (Fsp3) is 0.320. The molecular weight excluding hydrogens is 408 g/mol. The van der Waals surface area contributed by atoms with Gasteiger partial charge in [-0.1, -0.05) is 31.2 Å². The van der Waals surface area contributed by atoms with Crippen molar-refractivity contribution in [2.75, 3.05) is 13.1 Å². The van der Waals surface area contributed by atoms with Gasteiger partial charge in [0.1, 0.15) is 15.6 Å². The lowest BCUT2D eigenvalue weighted by molar-refractivity contribution is 0.0653. The summed E-state index contributed by atoms with van der Waals surface area (Å²) in [5.74, 6) is 0.141. The molecule has 6 heteroatoms. The molecule has 1 aliphatic heterocycles. The fourth-order valence-corrected chi connectivity index (χ4v) is 4.99. The van der Waals surface area contributed by atoms with E-state index in [0.29, 0.717) is 36.4 Å². The van der Waals surface area contributed by atoms with E-state index in [4.69, 9.17) is 0 Å². The van der Waals surface area contributed by atoms with Crippen LogP contribution in [0.15, 0.2) is 48.5 Å². The van der Waals surface area contributed by atoms with Gasteiger partial charge >= 0.3 is 0 Å². The first-order valence-electron chi connectivity index (χ1n) is 10.7. The summed E-state index contributed by atoms with van der Waals surface area (Å²) < 4.78 is 0. The van der Waals surface area contributed by atoms with E-state index in [9.17, 15) is 14.7 Å². The molecule has 0 radical (unpaired) electrons. The number of rotatable bonds is 5. The SMILES string of the molecule is CCc1ccc(-c2nc(C)c(C(=O)N3CCC(C(=O)c4ccc(O)cc4)CC3)s2)cc1. The number of nitrogens with zero attached hydrogens (tertiary/aromatic N) is 2. The summed E-state index contributed by atoms with van der Waals surface area (Å²) in [5.41, 5.74) is 3.67. The van der Waals surface area contributed by atoms with Crippen molar-refractivity contribution in [1.29, 1.82) is 0 Å². The molecule has 0 aliphatic carbocycles. The van der Waals surface area contributed by atoms with Gasteiger partial charge in [-0.25, -0.2) is 4.98 Å². The molecule has 0 bridgehead atoms. The minimum Gasteiger partial charge on any atom is -0.508 e. The number of carbonyl (C=O) groups is 2. The summed E-state index contributed by atoms with van der Waals surface area (Å²) in [6.07, 6.45) is 2.29. The van der Waals surface area contributed by atoms with Crippen molar-refractivity contribution in [3.8, 4) is 16.3 Å². The smallest absolute Gasteiger partial charge is 0.265 e. The molecule has 0 unspecified atom stereocenters. The van der Waals surface area contributed by atoms with Gasteiger partial charge in [0.15, 0.2) is 5.78 Å². The number of aryl methyl sites for hydroxylation is 2. The number of amides is 1. The van der Waals surface area contributed by atoms with Gasteiger partial charge in [0.25, 0.3) is 5.91 Å². The Morgan fingerprint density at radius 2 is 1.71 bits per heavy atom. The van der Waals surface area contributed by atoms with Gasteiger partial charge in [-0.15, -0.1) is 11.3 Å². The topological polar surface area (TPSA) is 70.5 Å². The molecule has 2 heterocycles. The van der Waals surface area contributed by atoms with E-state index in [-0.39, 0.29) is 23.4 Å². The monoisotopic (exact) mass is 434 g/mol. The van der Waals surface area contributed by atoms with Crippen LogP contribution in [0.25, 0.3) is 10.6 Å². The first kappa shape index (κ1) is 21.2. The molecule has 0 spiro atoms. The molecule has 5 nitrogen and oxygen atoms in total. The summed E-state index contributed by atoms with van der Waals surface area (Å²) >= 11 is 1.44. The molecule has 31 heavy (non-hydrogen) atoms. The number of likely N-dealkylation sites (tertiary alicyclic amines) is 1. The normalized spacial score (nSPS) is 14.6. The quantitative estimate of drug-likeness (QED) is 0.566. The predicted molar refractivity (Wildman–Crippen MR) is 123 cm³/mol. The van der Waals surface area contributed by atoms with Crippen molar-refractivity contribution in [2.45, 2.75) is 33.1 Å². The van der Waals surface area contributed by atoms with Gasteiger partial charge in [-0.2, -0.15) is 0 Å². The second-order valence-electron chi connectivity index (χ2n) is 7.96. The zero-order valence-corrected chi connectivity index (χ0v) is 18.6. The van der Waals surface area contributed by atoms with E-state index in [1.54, 1.807) is 12.1 Å². The first-order valence-corrected chi connectivity index (χ1v) is 11.5. The summed E-state index contributed by atoms with van der Waals surface area (Å²) in [5, 5.41) is 10.3. The molecule has 1 fully saturated rings. The van der Waals surface area contributed by atoms with Crippen LogP contribution in [-0.4, -0.2) is 39.8 Å². The fourth-order valence-electron chi connectivity index (χ4n) is 3.95. The van der Waals surface area contributed by atoms with Crippen LogP contribution in [0.2, 0.25) is 0 Å². The van der Waals surface area contributed by atoms with Crippen LogP contribution in [0, 0.1) is 12.8 Å². The van der Waals surface area contributed by atoms with E-state index in [2.05, 4.69) is 36.2 Å². The van der Waals surface area contributed by atoms with E-state index >= 15 is 0 Å². The van der Waals surface area contributed by atoms with Crippen LogP contribution in [0.5, 0.6) is 5.75 Å². The number of benzene rings is 2. The first-order chi connectivity index (χ1) is 15.0. The average molecular weight is 435 g/mol. The van der Waals surface area contributed by atoms with Crippen LogP contribution >= 0.6 is 11.3 Å². The second-order valence-corrected chi connectivity index (χ2v) is 8.96. The van der Waals surface area contributed by atoms with Crippen LogP contribution in [0.3, 0.4) is 0 Å². The third kappa shape index (κ3) is 4.54. The van der Waals surface area contributed by atoms with Gasteiger partial charge in [0.05, 0.1) is 5.69 Å². The maximum absolute atomic E-state index is 13.1. The standard InChI is InChI=1S/C25H26N2O3S/c1-3-17-4-6-20(7-5-17)24-26-16(2)23(31-24)25(30)27-14-12-19(13-15-27)22(29)18-8-10-21(28)11-9-18/h4-11,19,28H,3,12-15H2,1-2H3. The van der Waals surface area contributed by atoms with Gasteiger partial charge in [0, 0.05) is 30.1 Å². The van der Waals surface area contributed by atoms with E-state index in [1.165, 1.54) is 29.0 Å². The number of Topliss-reactive ketones (excluding diaryl/α,β-unsaturated/α-hetero) is 1. The molecule has 1 amide bonds. The van der Waals surface area contributed by atoms with Gasteiger partial charge in [0.2, 0.25) is 0 Å². The Labute approximate surface area is 186 Å². The van der Waals surface area contributed by atoms with Crippen LogP contribution in [0.1, 0.15) is 51.1 Å². The van der Waals surface area contributed by atoms with Crippen molar-refractivity contribution in [3.05, 3.63) is 70.2 Å². The minimum absolute atomic E-state index is 0.00182. The number of ketones is 1. The molecule has 1 aliphatic rings.